The molecule has 0 unspecified atom stereocenters. The van der Waals surface area contributed by atoms with E-state index >= 15 is 0 Å². The SMILES string of the molecule is C[C@@]12C(=O)N(c3ccc(F)c(Cl)c3)C(=O)[C@@H]1C[C@@H]1C(=CC[C@@H]3C(=O)NC(=O)[C@@H]31)[C@@H]2c1cc(Cl)ccc1O. The summed E-state index contributed by atoms with van der Waals surface area (Å²) in [5, 5.41) is 13.4. The topological polar surface area (TPSA) is 104 Å². The Morgan fingerprint density at radius 1 is 1.05 bits per heavy atom. The van der Waals surface area contributed by atoms with Crippen LogP contribution in [-0.2, 0) is 19.2 Å². The number of fused-ring (bicyclic) bond motifs is 4. The molecule has 190 valence electrons. The van der Waals surface area contributed by atoms with Gasteiger partial charge in [0.1, 0.15) is 11.6 Å². The first-order valence-corrected chi connectivity index (χ1v) is 12.7. The van der Waals surface area contributed by atoms with Crippen molar-refractivity contribution in [3.8, 4) is 5.75 Å². The molecule has 4 amide bonds. The maximum atomic E-state index is 14.2. The summed E-state index contributed by atoms with van der Waals surface area (Å²) in [5.74, 6) is -5.98. The molecule has 2 heterocycles. The van der Waals surface area contributed by atoms with Crippen molar-refractivity contribution in [1.29, 1.82) is 0 Å². The van der Waals surface area contributed by atoms with E-state index in [0.717, 1.165) is 16.5 Å². The smallest absolute Gasteiger partial charge is 0.241 e. The van der Waals surface area contributed by atoms with Gasteiger partial charge in [0, 0.05) is 16.5 Å². The number of hydrogen-bond donors (Lipinski definition) is 2. The van der Waals surface area contributed by atoms with Crippen molar-refractivity contribution in [1.82, 2.24) is 5.32 Å². The van der Waals surface area contributed by atoms with Crippen LogP contribution in [0.5, 0.6) is 5.75 Å². The van der Waals surface area contributed by atoms with Crippen molar-refractivity contribution in [2.24, 2.45) is 29.1 Å². The lowest BCUT2D eigenvalue weighted by molar-refractivity contribution is -0.131. The summed E-state index contributed by atoms with van der Waals surface area (Å²) in [5.41, 5.74) is -0.134. The Balaban J connectivity index is 1.56. The number of nitrogens with zero attached hydrogens (tertiary/aromatic N) is 1. The first kappa shape index (κ1) is 24.1. The van der Waals surface area contributed by atoms with E-state index in [1.807, 2.05) is 6.08 Å². The zero-order chi connectivity index (χ0) is 26.4. The van der Waals surface area contributed by atoms with E-state index in [-0.39, 0.29) is 28.8 Å². The predicted octanol–water partition coefficient (Wildman–Crippen LogP) is 4.36. The number of hydrogen-bond acceptors (Lipinski definition) is 5. The molecule has 0 aromatic heterocycles. The fourth-order valence-corrected chi connectivity index (χ4v) is 7.25. The highest BCUT2D eigenvalue weighted by atomic mass is 35.5. The molecule has 6 atom stereocenters. The highest BCUT2D eigenvalue weighted by molar-refractivity contribution is 6.32. The molecule has 4 aliphatic rings. The van der Waals surface area contributed by atoms with E-state index in [0.29, 0.717) is 17.0 Å². The minimum atomic E-state index is -1.35. The van der Waals surface area contributed by atoms with Crippen molar-refractivity contribution in [3.05, 3.63) is 69.5 Å². The zero-order valence-electron chi connectivity index (χ0n) is 19.5. The Labute approximate surface area is 221 Å². The van der Waals surface area contributed by atoms with Crippen LogP contribution in [-0.4, -0.2) is 28.7 Å². The van der Waals surface area contributed by atoms with Crippen LogP contribution in [0, 0.1) is 34.9 Å². The lowest BCUT2D eigenvalue weighted by Crippen LogP contribution is -2.48. The van der Waals surface area contributed by atoms with Crippen molar-refractivity contribution >= 4 is 52.5 Å². The quantitative estimate of drug-likeness (QED) is 0.433. The summed E-state index contributed by atoms with van der Waals surface area (Å²) in [6.45, 7) is 1.68. The van der Waals surface area contributed by atoms with Crippen molar-refractivity contribution < 1.29 is 28.7 Å². The van der Waals surface area contributed by atoms with Crippen LogP contribution in [0.2, 0.25) is 10.0 Å². The number of benzene rings is 2. The molecule has 2 N–H and O–H groups in total. The molecular weight excluding hydrogens is 522 g/mol. The standard InChI is InChI=1S/C27H21Cl2FN2O5/c1-27-17(25(36)32(26(27)37)12-3-6-19(30)18(29)9-12)10-15-13(4-5-14-21(15)24(35)31-23(14)34)22(27)16-8-11(28)2-7-20(16)33/h2-4,6-9,14-15,17,21-22,33H,5,10H2,1H3,(H,31,34,35)/t14-,15+,17-,21-,22+,27+/m0/s1. The third kappa shape index (κ3) is 3.25. The number of anilines is 1. The van der Waals surface area contributed by atoms with Gasteiger partial charge in [-0.25, -0.2) is 9.29 Å². The molecule has 7 nitrogen and oxygen atoms in total. The summed E-state index contributed by atoms with van der Waals surface area (Å²) in [4.78, 5) is 54.4. The monoisotopic (exact) mass is 542 g/mol. The van der Waals surface area contributed by atoms with Crippen LogP contribution >= 0.6 is 23.2 Å². The van der Waals surface area contributed by atoms with Crippen LogP contribution in [0.25, 0.3) is 0 Å². The number of imide groups is 2. The molecule has 6 rings (SSSR count). The van der Waals surface area contributed by atoms with E-state index in [1.165, 1.54) is 24.3 Å². The van der Waals surface area contributed by atoms with Gasteiger partial charge in [0.15, 0.2) is 0 Å². The highest BCUT2D eigenvalue weighted by Gasteiger charge is 2.67. The van der Waals surface area contributed by atoms with Crippen molar-refractivity contribution in [2.45, 2.75) is 25.7 Å². The molecular formula is C27H21Cl2FN2O5. The molecule has 2 aromatic carbocycles. The number of halogens is 3. The van der Waals surface area contributed by atoms with Crippen LogP contribution in [0.3, 0.4) is 0 Å². The number of nitrogens with one attached hydrogen (secondary N) is 1. The summed E-state index contributed by atoms with van der Waals surface area (Å²) < 4.78 is 13.9. The summed E-state index contributed by atoms with van der Waals surface area (Å²) in [7, 11) is 0. The van der Waals surface area contributed by atoms with E-state index in [4.69, 9.17) is 23.2 Å². The van der Waals surface area contributed by atoms with Gasteiger partial charge in [-0.05, 0) is 62.1 Å². The summed E-state index contributed by atoms with van der Waals surface area (Å²) >= 11 is 12.3. The van der Waals surface area contributed by atoms with Crippen molar-refractivity contribution in [2.75, 3.05) is 4.90 Å². The fourth-order valence-electron chi connectivity index (χ4n) is 6.90. The van der Waals surface area contributed by atoms with Gasteiger partial charge in [-0.1, -0.05) is 34.9 Å². The number of carbonyl (C=O) groups excluding carboxylic acids is 4. The second kappa shape index (κ2) is 8.13. The van der Waals surface area contributed by atoms with Gasteiger partial charge >= 0.3 is 0 Å². The maximum absolute atomic E-state index is 14.2. The molecule has 0 bridgehead atoms. The maximum Gasteiger partial charge on any atom is 0.241 e. The van der Waals surface area contributed by atoms with Gasteiger partial charge in [0.05, 0.1) is 33.9 Å². The Kier molecular flexibility index (Phi) is 5.30. The first-order chi connectivity index (χ1) is 17.5. The molecule has 3 fully saturated rings. The van der Waals surface area contributed by atoms with E-state index < -0.39 is 58.5 Å². The van der Waals surface area contributed by atoms with Gasteiger partial charge in [-0.3, -0.25) is 24.5 Å². The van der Waals surface area contributed by atoms with Gasteiger partial charge in [0.25, 0.3) is 0 Å². The second-order valence-electron chi connectivity index (χ2n) is 10.3. The number of allylic oxidation sites excluding steroid dienone is 2. The molecule has 2 saturated heterocycles. The lowest BCUT2D eigenvalue weighted by atomic mass is 9.51. The van der Waals surface area contributed by atoms with Gasteiger partial charge in [-0.2, -0.15) is 0 Å². The van der Waals surface area contributed by atoms with Crippen molar-refractivity contribution in [3.63, 3.8) is 0 Å². The number of amides is 4. The second-order valence-corrected chi connectivity index (χ2v) is 11.2. The summed E-state index contributed by atoms with van der Waals surface area (Å²) in [6.07, 6.45) is 2.33. The van der Waals surface area contributed by atoms with Gasteiger partial charge in [-0.15, -0.1) is 0 Å². The number of carbonyl (C=O) groups is 4. The Bertz CT molecular complexity index is 1460. The Morgan fingerprint density at radius 3 is 2.54 bits per heavy atom. The van der Waals surface area contributed by atoms with Crippen LogP contribution in [0.1, 0.15) is 31.2 Å². The van der Waals surface area contributed by atoms with Crippen LogP contribution in [0.15, 0.2) is 48.0 Å². The van der Waals surface area contributed by atoms with Gasteiger partial charge < -0.3 is 5.11 Å². The highest BCUT2D eigenvalue weighted by Crippen LogP contribution is 2.64. The largest absolute Gasteiger partial charge is 0.508 e. The molecule has 0 spiro atoms. The third-order valence-corrected chi connectivity index (χ3v) is 9.10. The molecule has 10 heteroatoms. The molecule has 1 saturated carbocycles. The minimum Gasteiger partial charge on any atom is -0.508 e. The van der Waals surface area contributed by atoms with Crippen LogP contribution < -0.4 is 10.2 Å². The minimum absolute atomic E-state index is 0.103. The van der Waals surface area contributed by atoms with E-state index in [2.05, 4.69) is 5.32 Å². The Morgan fingerprint density at radius 2 is 1.81 bits per heavy atom. The molecule has 2 aromatic rings. The Hall–Kier alpha value is -3.23. The molecule has 0 radical (unpaired) electrons. The lowest BCUT2D eigenvalue weighted by Gasteiger charge is -2.49. The zero-order valence-corrected chi connectivity index (χ0v) is 21.0. The fraction of sp³-hybridized carbons (Fsp3) is 0.333. The van der Waals surface area contributed by atoms with E-state index in [1.54, 1.807) is 13.0 Å². The average Bonchev–Trinajstić information content (AvgIpc) is 3.25. The number of phenols is 1. The third-order valence-electron chi connectivity index (χ3n) is 8.58. The predicted molar refractivity (Wildman–Crippen MR) is 132 cm³/mol. The first-order valence-electron chi connectivity index (χ1n) is 11.9. The molecule has 37 heavy (non-hydrogen) atoms. The number of phenolic OH excluding ortho intramolecular Hbond substituents is 1. The summed E-state index contributed by atoms with van der Waals surface area (Å²) in [6, 6.07) is 8.14. The number of rotatable bonds is 2. The average molecular weight is 543 g/mol. The molecule has 2 aliphatic carbocycles. The van der Waals surface area contributed by atoms with E-state index in [9.17, 15) is 28.7 Å². The van der Waals surface area contributed by atoms with Gasteiger partial charge in [0.2, 0.25) is 23.6 Å². The molecule has 2 aliphatic heterocycles. The normalized spacial score (nSPS) is 32.6. The number of aromatic hydroxyl groups is 1. The van der Waals surface area contributed by atoms with Crippen LogP contribution in [0.4, 0.5) is 10.1 Å².